The molecule has 0 saturated heterocycles. The van der Waals surface area contributed by atoms with Crippen LogP contribution >= 0.6 is 0 Å². The Kier molecular flexibility index (Phi) is 8.05. The van der Waals surface area contributed by atoms with Gasteiger partial charge in [0.05, 0.1) is 0 Å². The van der Waals surface area contributed by atoms with E-state index in [1.54, 1.807) is 0 Å². The minimum atomic E-state index is -3.95. The van der Waals surface area contributed by atoms with Gasteiger partial charge in [0.1, 0.15) is 46.0 Å². The standard InChI is InChI=1S/C24H20BO12.Li/c26-13-1-5-17(30)21(9-13)34-25(35-22-10-14(27)2-6-18(22)31,36-23-11-15(28)3-7-19(23)32)37-24-12-16(29)4-8-20(24)33;/h1-12,26-33H;/q-1;+1. The van der Waals surface area contributed by atoms with Gasteiger partial charge in [0.15, 0.2) is 23.0 Å². The molecule has 0 heterocycles. The van der Waals surface area contributed by atoms with E-state index in [9.17, 15) is 40.9 Å². The molecule has 4 aromatic rings. The number of benzene rings is 4. The molecular weight excluding hydrogens is 498 g/mol. The van der Waals surface area contributed by atoms with Crippen LogP contribution in [0.3, 0.4) is 0 Å². The molecule has 0 aliphatic rings. The average molecular weight is 518 g/mol. The molecule has 0 aromatic heterocycles. The second kappa shape index (κ2) is 11.0. The zero-order chi connectivity index (χ0) is 26.7. The fraction of sp³-hybridized carbons (Fsp3) is 0. The van der Waals surface area contributed by atoms with Gasteiger partial charge in [0.25, 0.3) is 0 Å². The van der Waals surface area contributed by atoms with Gasteiger partial charge in [-0.1, -0.05) is 0 Å². The van der Waals surface area contributed by atoms with E-state index < -0.39 is 53.0 Å². The summed E-state index contributed by atoms with van der Waals surface area (Å²) in [4.78, 5) is 0. The van der Waals surface area contributed by atoms with Gasteiger partial charge in [-0.2, -0.15) is 0 Å². The van der Waals surface area contributed by atoms with Crippen LogP contribution in [-0.2, 0) is 0 Å². The molecule has 0 aliphatic carbocycles. The van der Waals surface area contributed by atoms with Crippen molar-refractivity contribution in [2.45, 2.75) is 0 Å². The molecule has 0 saturated carbocycles. The van der Waals surface area contributed by atoms with E-state index in [1.807, 2.05) is 0 Å². The van der Waals surface area contributed by atoms with E-state index in [0.29, 0.717) is 0 Å². The van der Waals surface area contributed by atoms with Gasteiger partial charge < -0.3 is 59.5 Å². The maximum atomic E-state index is 10.3. The third kappa shape index (κ3) is 6.28. The Labute approximate surface area is 227 Å². The SMILES string of the molecule is Oc1ccc(O)c(O[B-](Oc2cc(O)ccc2O)(Oc2cc(O)ccc2O)Oc2cc(O)ccc2O)c1.[Li+]. The maximum absolute atomic E-state index is 10.3. The molecule has 4 rings (SSSR count). The molecule has 14 heteroatoms. The van der Waals surface area contributed by atoms with Crippen molar-refractivity contribution in [2.75, 3.05) is 0 Å². The first-order chi connectivity index (χ1) is 17.5. The molecule has 4 aromatic carbocycles. The van der Waals surface area contributed by atoms with Crippen LogP contribution in [0.2, 0.25) is 0 Å². The minimum Gasteiger partial charge on any atom is -0.608 e. The summed E-state index contributed by atoms with van der Waals surface area (Å²) < 4.78 is 22.9. The van der Waals surface area contributed by atoms with E-state index in [-0.39, 0.29) is 41.9 Å². The summed E-state index contributed by atoms with van der Waals surface area (Å²) in [6, 6.07) is 12.6. The normalized spacial score (nSPS) is 10.7. The van der Waals surface area contributed by atoms with Crippen LogP contribution in [0.4, 0.5) is 0 Å². The van der Waals surface area contributed by atoms with Crippen LogP contribution < -0.4 is 37.5 Å². The van der Waals surface area contributed by atoms with Crippen LogP contribution in [-0.4, -0.2) is 47.8 Å². The largest absolute Gasteiger partial charge is 1.00 e. The molecule has 0 fully saturated rings. The van der Waals surface area contributed by atoms with Gasteiger partial charge in [-0.05, 0) is 48.5 Å². The first-order valence-corrected chi connectivity index (χ1v) is 10.5. The molecule has 0 bridgehead atoms. The van der Waals surface area contributed by atoms with Crippen LogP contribution in [0.15, 0.2) is 72.8 Å². The summed E-state index contributed by atoms with van der Waals surface area (Å²) in [5.74, 6) is -5.57. The van der Waals surface area contributed by atoms with Gasteiger partial charge in [-0.15, -0.1) is 0 Å². The summed E-state index contributed by atoms with van der Waals surface area (Å²) in [7, 11) is 0. The first-order valence-electron chi connectivity index (χ1n) is 10.5. The minimum absolute atomic E-state index is 0. The van der Waals surface area contributed by atoms with Gasteiger partial charge in [-0.3, -0.25) is 0 Å². The van der Waals surface area contributed by atoms with Crippen molar-refractivity contribution in [3.63, 3.8) is 0 Å². The van der Waals surface area contributed by atoms with Crippen molar-refractivity contribution < 1.29 is 78.3 Å². The van der Waals surface area contributed by atoms with Crippen LogP contribution in [0.5, 0.6) is 69.0 Å². The molecule has 0 radical (unpaired) electrons. The van der Waals surface area contributed by atoms with E-state index in [1.165, 1.54) is 0 Å². The Balaban J connectivity index is 0.00000400. The second-order valence-electron chi connectivity index (χ2n) is 7.66. The maximum Gasteiger partial charge on any atom is 1.00 e. The summed E-state index contributed by atoms with van der Waals surface area (Å²) >= 11 is 0. The van der Waals surface area contributed by atoms with Crippen molar-refractivity contribution in [3.8, 4) is 69.0 Å². The van der Waals surface area contributed by atoms with Gasteiger partial charge >= 0.3 is 25.8 Å². The van der Waals surface area contributed by atoms with E-state index in [2.05, 4.69) is 0 Å². The van der Waals surface area contributed by atoms with E-state index >= 15 is 0 Å². The Morgan fingerprint density at radius 1 is 0.368 bits per heavy atom. The van der Waals surface area contributed by atoms with Crippen molar-refractivity contribution >= 4 is 6.96 Å². The Morgan fingerprint density at radius 3 is 0.789 bits per heavy atom. The first kappa shape index (κ1) is 27.7. The quantitative estimate of drug-likeness (QED) is 0.118. The molecule has 0 aliphatic heterocycles. The zero-order valence-corrected chi connectivity index (χ0v) is 19.7. The Bertz CT molecular complexity index is 1230. The zero-order valence-electron chi connectivity index (χ0n) is 19.7. The summed E-state index contributed by atoms with van der Waals surface area (Å²) in [6.07, 6.45) is 0. The van der Waals surface area contributed by atoms with E-state index in [4.69, 9.17) is 18.6 Å². The van der Waals surface area contributed by atoms with Gasteiger partial charge in [-0.25, -0.2) is 0 Å². The Hall–Kier alpha value is -4.86. The monoisotopic (exact) mass is 518 g/mol. The molecule has 0 atom stereocenters. The summed E-state index contributed by atoms with van der Waals surface area (Å²) in [5.41, 5.74) is 0. The van der Waals surface area contributed by atoms with Crippen molar-refractivity contribution in [1.29, 1.82) is 0 Å². The predicted octanol–water partition coefficient (Wildman–Crippen LogP) is 0.387. The molecule has 0 amide bonds. The number of rotatable bonds is 8. The number of aromatic hydroxyl groups is 8. The third-order valence-electron chi connectivity index (χ3n) is 4.86. The number of phenols is 8. The van der Waals surface area contributed by atoms with E-state index in [0.717, 1.165) is 72.8 Å². The molecule has 8 N–H and O–H groups in total. The fourth-order valence-corrected chi connectivity index (χ4v) is 3.16. The summed E-state index contributed by atoms with van der Waals surface area (Å²) in [5, 5.41) is 81.0. The smallest absolute Gasteiger partial charge is 0.608 e. The van der Waals surface area contributed by atoms with Crippen molar-refractivity contribution in [3.05, 3.63) is 72.8 Å². The number of phenolic OH excluding ortho intramolecular Hbond substituents is 8. The van der Waals surface area contributed by atoms with Gasteiger partial charge in [0, 0.05) is 24.3 Å². The second-order valence-corrected chi connectivity index (χ2v) is 7.66. The number of hydrogen-bond donors (Lipinski definition) is 8. The molecular formula is C24H20BLiO12. The molecule has 0 spiro atoms. The molecule has 192 valence electrons. The van der Waals surface area contributed by atoms with Crippen LogP contribution in [0.1, 0.15) is 0 Å². The topological polar surface area (TPSA) is 199 Å². The number of hydrogen-bond acceptors (Lipinski definition) is 12. The van der Waals surface area contributed by atoms with Gasteiger partial charge in [0.2, 0.25) is 0 Å². The van der Waals surface area contributed by atoms with Crippen LogP contribution in [0, 0.1) is 0 Å². The Morgan fingerprint density at radius 2 is 0.579 bits per heavy atom. The summed E-state index contributed by atoms with van der Waals surface area (Å²) in [6.45, 7) is -3.95. The third-order valence-corrected chi connectivity index (χ3v) is 4.86. The molecule has 12 nitrogen and oxygen atoms in total. The molecule has 0 unspecified atom stereocenters. The van der Waals surface area contributed by atoms with Crippen molar-refractivity contribution in [1.82, 2.24) is 0 Å². The van der Waals surface area contributed by atoms with Crippen LogP contribution in [0.25, 0.3) is 0 Å². The fourth-order valence-electron chi connectivity index (χ4n) is 3.16. The average Bonchev–Trinajstić information content (AvgIpc) is 2.83. The molecule has 38 heavy (non-hydrogen) atoms. The van der Waals surface area contributed by atoms with Crippen molar-refractivity contribution in [2.24, 2.45) is 0 Å². The predicted molar refractivity (Wildman–Crippen MR) is 127 cm³/mol.